The minimum absolute atomic E-state index is 0.0311. The summed E-state index contributed by atoms with van der Waals surface area (Å²) >= 11 is 0. The van der Waals surface area contributed by atoms with Crippen molar-refractivity contribution in [2.75, 3.05) is 12.4 Å². The van der Waals surface area contributed by atoms with Crippen molar-refractivity contribution in [1.29, 1.82) is 0 Å². The van der Waals surface area contributed by atoms with Crippen molar-refractivity contribution >= 4 is 28.4 Å². The number of carbonyl (C=O) groups is 2. The van der Waals surface area contributed by atoms with E-state index in [1.807, 2.05) is 18.2 Å². The molecule has 0 saturated carbocycles. The van der Waals surface area contributed by atoms with Crippen LogP contribution < -0.4 is 10.9 Å². The van der Waals surface area contributed by atoms with Gasteiger partial charge in [0.05, 0.1) is 11.9 Å². The number of nitrogens with zero attached hydrogens (tertiary/aromatic N) is 4. The molecule has 0 spiro atoms. The highest BCUT2D eigenvalue weighted by molar-refractivity contribution is 5.90. The Kier molecular flexibility index (Phi) is 5.78. The van der Waals surface area contributed by atoms with E-state index in [0.717, 1.165) is 5.56 Å². The first-order chi connectivity index (χ1) is 13.4. The molecular formula is C20H21N5O3. The zero-order chi connectivity index (χ0) is 20.1. The molecule has 1 heterocycles. The number of anilines is 1. The lowest BCUT2D eigenvalue weighted by Crippen LogP contribution is -2.26. The second-order valence-corrected chi connectivity index (χ2v) is 6.51. The van der Waals surface area contributed by atoms with Crippen LogP contribution in [-0.4, -0.2) is 38.8 Å². The van der Waals surface area contributed by atoms with E-state index in [-0.39, 0.29) is 30.3 Å². The molecule has 0 saturated heterocycles. The first kappa shape index (κ1) is 19.2. The molecule has 0 fully saturated rings. The Morgan fingerprint density at radius 1 is 1.14 bits per heavy atom. The number of hydrogen-bond acceptors (Lipinski definition) is 5. The maximum absolute atomic E-state index is 12.4. The van der Waals surface area contributed by atoms with Crippen molar-refractivity contribution in [2.45, 2.75) is 26.4 Å². The number of rotatable bonds is 6. The maximum atomic E-state index is 12.4. The van der Waals surface area contributed by atoms with Crippen LogP contribution in [0.15, 0.2) is 53.3 Å². The van der Waals surface area contributed by atoms with Gasteiger partial charge in [0.2, 0.25) is 11.8 Å². The van der Waals surface area contributed by atoms with Gasteiger partial charge in [-0.1, -0.05) is 29.5 Å². The van der Waals surface area contributed by atoms with Gasteiger partial charge in [-0.2, -0.15) is 0 Å². The summed E-state index contributed by atoms with van der Waals surface area (Å²) < 4.78 is 1.19. The van der Waals surface area contributed by atoms with E-state index in [2.05, 4.69) is 15.6 Å². The molecule has 2 amide bonds. The molecule has 0 unspecified atom stereocenters. The van der Waals surface area contributed by atoms with Crippen molar-refractivity contribution in [3.8, 4) is 0 Å². The monoisotopic (exact) mass is 379 g/mol. The molecule has 0 aliphatic carbocycles. The number of benzene rings is 2. The fourth-order valence-electron chi connectivity index (χ4n) is 2.73. The second-order valence-electron chi connectivity index (χ2n) is 6.51. The molecule has 2 aromatic carbocycles. The third kappa shape index (κ3) is 4.59. The lowest BCUT2D eigenvalue weighted by molar-refractivity contribution is -0.128. The summed E-state index contributed by atoms with van der Waals surface area (Å²) in [7, 11) is 1.72. The Morgan fingerprint density at radius 2 is 1.93 bits per heavy atom. The Bertz CT molecular complexity index is 1080. The number of hydrogen-bond donors (Lipinski definition) is 1. The third-order valence-corrected chi connectivity index (χ3v) is 4.35. The summed E-state index contributed by atoms with van der Waals surface area (Å²) in [4.78, 5) is 37.6. The van der Waals surface area contributed by atoms with E-state index in [1.165, 1.54) is 11.6 Å². The maximum Gasteiger partial charge on any atom is 0.277 e. The van der Waals surface area contributed by atoms with Crippen LogP contribution in [0.25, 0.3) is 10.9 Å². The smallest absolute Gasteiger partial charge is 0.277 e. The van der Waals surface area contributed by atoms with Crippen LogP contribution in [0.4, 0.5) is 5.69 Å². The van der Waals surface area contributed by atoms with Crippen LogP contribution in [0.3, 0.4) is 0 Å². The Hall–Kier alpha value is -3.55. The predicted octanol–water partition coefficient (Wildman–Crippen LogP) is 1.80. The van der Waals surface area contributed by atoms with Crippen molar-refractivity contribution in [3.63, 3.8) is 0 Å². The number of nitrogens with one attached hydrogen (secondary N) is 1. The number of aryl methyl sites for hydroxylation is 1. The molecular weight excluding hydrogens is 358 g/mol. The van der Waals surface area contributed by atoms with E-state index < -0.39 is 0 Å². The quantitative estimate of drug-likeness (QED) is 0.704. The standard InChI is InChI=1S/C20H21N5O3/c1-14(26)24(2)13-15-6-5-7-16(12-15)21-19(27)10-11-25-20(28)17-8-3-4-9-18(17)22-23-25/h3-9,12H,10-11,13H2,1-2H3,(H,21,27). The van der Waals surface area contributed by atoms with E-state index in [4.69, 9.17) is 0 Å². The Labute approximate surface area is 161 Å². The van der Waals surface area contributed by atoms with Gasteiger partial charge in [0.15, 0.2) is 0 Å². The van der Waals surface area contributed by atoms with Crippen molar-refractivity contribution in [2.24, 2.45) is 0 Å². The zero-order valence-electron chi connectivity index (χ0n) is 15.8. The number of aromatic nitrogens is 3. The van der Waals surface area contributed by atoms with Gasteiger partial charge in [-0.05, 0) is 29.8 Å². The van der Waals surface area contributed by atoms with Crippen LogP contribution in [0.5, 0.6) is 0 Å². The summed E-state index contributed by atoms with van der Waals surface area (Å²) in [6.07, 6.45) is 0.0878. The third-order valence-electron chi connectivity index (χ3n) is 4.35. The second kappa shape index (κ2) is 8.43. The highest BCUT2D eigenvalue weighted by atomic mass is 16.2. The van der Waals surface area contributed by atoms with Gasteiger partial charge >= 0.3 is 0 Å². The van der Waals surface area contributed by atoms with Crippen LogP contribution in [0, 0.1) is 0 Å². The average molecular weight is 379 g/mol. The first-order valence-corrected chi connectivity index (χ1v) is 8.87. The summed E-state index contributed by atoms with van der Waals surface area (Å²) in [5.74, 6) is -0.268. The van der Waals surface area contributed by atoms with Gasteiger partial charge in [-0.15, -0.1) is 5.10 Å². The summed E-state index contributed by atoms with van der Waals surface area (Å²) in [5, 5.41) is 11.2. The van der Waals surface area contributed by atoms with E-state index in [1.54, 1.807) is 42.3 Å². The molecule has 28 heavy (non-hydrogen) atoms. The van der Waals surface area contributed by atoms with Crippen molar-refractivity contribution in [1.82, 2.24) is 19.9 Å². The summed E-state index contributed by atoms with van der Waals surface area (Å²) in [6, 6.07) is 14.3. The molecule has 3 aromatic rings. The molecule has 0 bridgehead atoms. The minimum Gasteiger partial charge on any atom is -0.342 e. The van der Waals surface area contributed by atoms with Gasteiger partial charge in [0.25, 0.3) is 5.56 Å². The fourth-order valence-corrected chi connectivity index (χ4v) is 2.73. The number of amides is 2. The van der Waals surface area contributed by atoms with Gasteiger partial charge in [0.1, 0.15) is 5.52 Å². The topological polar surface area (TPSA) is 97.2 Å². The summed E-state index contributed by atoms with van der Waals surface area (Å²) in [5.41, 5.74) is 1.80. The lowest BCUT2D eigenvalue weighted by Gasteiger charge is -2.15. The van der Waals surface area contributed by atoms with Crippen molar-refractivity contribution in [3.05, 3.63) is 64.4 Å². The van der Waals surface area contributed by atoms with E-state index in [9.17, 15) is 14.4 Å². The molecule has 1 aromatic heterocycles. The van der Waals surface area contributed by atoms with E-state index in [0.29, 0.717) is 23.1 Å². The van der Waals surface area contributed by atoms with Crippen LogP contribution in [-0.2, 0) is 22.7 Å². The molecule has 0 atom stereocenters. The zero-order valence-corrected chi connectivity index (χ0v) is 15.8. The van der Waals surface area contributed by atoms with Crippen LogP contribution in [0.1, 0.15) is 18.9 Å². The molecule has 1 N–H and O–H groups in total. The minimum atomic E-state index is -0.271. The first-order valence-electron chi connectivity index (χ1n) is 8.87. The molecule has 0 aliphatic heterocycles. The van der Waals surface area contributed by atoms with Gasteiger partial charge in [-0.3, -0.25) is 14.4 Å². The van der Waals surface area contributed by atoms with Crippen molar-refractivity contribution < 1.29 is 9.59 Å². The average Bonchev–Trinajstić information content (AvgIpc) is 2.68. The van der Waals surface area contributed by atoms with Crippen LogP contribution in [0.2, 0.25) is 0 Å². The molecule has 3 rings (SSSR count). The fraction of sp³-hybridized carbons (Fsp3) is 0.250. The Balaban J connectivity index is 1.63. The van der Waals surface area contributed by atoms with E-state index >= 15 is 0 Å². The lowest BCUT2D eigenvalue weighted by atomic mass is 10.2. The summed E-state index contributed by atoms with van der Waals surface area (Å²) in [6.45, 7) is 2.10. The molecule has 144 valence electrons. The normalized spacial score (nSPS) is 10.6. The highest BCUT2D eigenvalue weighted by Gasteiger charge is 2.09. The molecule has 8 nitrogen and oxygen atoms in total. The molecule has 0 aliphatic rings. The predicted molar refractivity (Wildman–Crippen MR) is 106 cm³/mol. The number of carbonyl (C=O) groups excluding carboxylic acids is 2. The Morgan fingerprint density at radius 3 is 2.71 bits per heavy atom. The number of fused-ring (bicyclic) bond motifs is 1. The van der Waals surface area contributed by atoms with Gasteiger partial charge in [-0.25, -0.2) is 4.68 Å². The SMILES string of the molecule is CC(=O)N(C)Cc1cccc(NC(=O)CCn2nnc3ccccc3c2=O)c1. The van der Waals surface area contributed by atoms with Gasteiger partial charge in [0, 0.05) is 32.6 Å². The highest BCUT2D eigenvalue weighted by Crippen LogP contribution is 2.13. The van der Waals surface area contributed by atoms with Gasteiger partial charge < -0.3 is 10.2 Å². The largest absolute Gasteiger partial charge is 0.342 e. The molecule has 8 heteroatoms. The molecule has 0 radical (unpaired) electrons. The van der Waals surface area contributed by atoms with Crippen LogP contribution >= 0.6 is 0 Å².